The lowest BCUT2D eigenvalue weighted by Gasteiger charge is -2.16. The maximum Gasteiger partial charge on any atom is 0.410 e. The zero-order chi connectivity index (χ0) is 19.4. The SMILES string of the molecule is Cc1cc(NC(=O)[C@@H]2CN(C(=O)OCc3ccccc3)C[C@@H]2C)ccc1F. The third kappa shape index (κ3) is 4.64. The van der Waals surface area contributed by atoms with E-state index in [9.17, 15) is 14.0 Å². The fraction of sp³-hybridized carbons (Fsp3) is 0.333. The van der Waals surface area contributed by atoms with Crippen LogP contribution in [0.15, 0.2) is 48.5 Å². The molecule has 2 atom stereocenters. The zero-order valence-electron chi connectivity index (χ0n) is 15.4. The molecule has 2 aromatic carbocycles. The average Bonchev–Trinajstić information content (AvgIpc) is 3.05. The molecule has 0 unspecified atom stereocenters. The predicted octanol–water partition coefficient (Wildman–Crippen LogP) is 3.98. The quantitative estimate of drug-likeness (QED) is 0.886. The van der Waals surface area contributed by atoms with Crippen LogP contribution in [0.25, 0.3) is 0 Å². The molecule has 5 nitrogen and oxygen atoms in total. The summed E-state index contributed by atoms with van der Waals surface area (Å²) >= 11 is 0. The number of nitrogens with one attached hydrogen (secondary N) is 1. The summed E-state index contributed by atoms with van der Waals surface area (Å²) in [5, 5.41) is 2.82. The molecule has 0 saturated carbocycles. The van der Waals surface area contributed by atoms with Crippen molar-refractivity contribution in [2.24, 2.45) is 11.8 Å². The molecule has 6 heteroatoms. The van der Waals surface area contributed by atoms with E-state index in [-0.39, 0.29) is 30.2 Å². The molecular formula is C21H23FN2O3. The van der Waals surface area contributed by atoms with Crippen LogP contribution in [-0.4, -0.2) is 30.0 Å². The van der Waals surface area contributed by atoms with Gasteiger partial charge in [-0.05, 0) is 42.2 Å². The van der Waals surface area contributed by atoms with Gasteiger partial charge in [0, 0.05) is 18.8 Å². The summed E-state index contributed by atoms with van der Waals surface area (Å²) in [5.41, 5.74) is 1.94. The van der Waals surface area contributed by atoms with Crippen LogP contribution in [0.2, 0.25) is 0 Å². The molecule has 2 amide bonds. The van der Waals surface area contributed by atoms with Crippen LogP contribution in [-0.2, 0) is 16.1 Å². The van der Waals surface area contributed by atoms with E-state index < -0.39 is 6.09 Å². The van der Waals surface area contributed by atoms with Gasteiger partial charge in [-0.25, -0.2) is 9.18 Å². The van der Waals surface area contributed by atoms with E-state index in [2.05, 4.69) is 5.32 Å². The molecule has 1 aliphatic rings. The number of anilines is 1. The first-order valence-corrected chi connectivity index (χ1v) is 8.96. The minimum absolute atomic E-state index is 0.0100. The normalized spacial score (nSPS) is 19.0. The number of hydrogen-bond acceptors (Lipinski definition) is 3. The molecule has 1 fully saturated rings. The van der Waals surface area contributed by atoms with Crippen molar-refractivity contribution in [2.75, 3.05) is 18.4 Å². The summed E-state index contributed by atoms with van der Waals surface area (Å²) in [4.78, 5) is 26.5. The van der Waals surface area contributed by atoms with Crippen LogP contribution in [0.1, 0.15) is 18.1 Å². The molecule has 1 heterocycles. The Balaban J connectivity index is 1.55. The summed E-state index contributed by atoms with van der Waals surface area (Å²) in [6.45, 7) is 4.56. The number of hydrogen-bond donors (Lipinski definition) is 1. The van der Waals surface area contributed by atoms with Gasteiger partial charge in [-0.15, -0.1) is 0 Å². The molecule has 0 aliphatic carbocycles. The summed E-state index contributed by atoms with van der Waals surface area (Å²) in [6, 6.07) is 13.9. The monoisotopic (exact) mass is 370 g/mol. The number of nitrogens with zero attached hydrogens (tertiary/aromatic N) is 1. The van der Waals surface area contributed by atoms with Gasteiger partial charge in [0.2, 0.25) is 5.91 Å². The molecule has 0 spiro atoms. The molecule has 1 N–H and O–H groups in total. The first-order chi connectivity index (χ1) is 12.9. The lowest BCUT2D eigenvalue weighted by atomic mass is 9.97. The van der Waals surface area contributed by atoms with Crippen molar-refractivity contribution in [1.82, 2.24) is 4.90 Å². The molecule has 1 aliphatic heterocycles. The fourth-order valence-electron chi connectivity index (χ4n) is 3.23. The maximum atomic E-state index is 13.4. The van der Waals surface area contributed by atoms with E-state index in [1.54, 1.807) is 17.9 Å². The van der Waals surface area contributed by atoms with Crippen LogP contribution in [0, 0.1) is 24.6 Å². The van der Waals surface area contributed by atoms with Crippen LogP contribution in [0.5, 0.6) is 0 Å². The summed E-state index contributed by atoms with van der Waals surface area (Å²) in [7, 11) is 0. The van der Waals surface area contributed by atoms with Crippen LogP contribution >= 0.6 is 0 Å². The van der Waals surface area contributed by atoms with Gasteiger partial charge >= 0.3 is 6.09 Å². The summed E-state index contributed by atoms with van der Waals surface area (Å²) in [5.74, 6) is -0.808. The molecule has 142 valence electrons. The minimum Gasteiger partial charge on any atom is -0.445 e. The van der Waals surface area contributed by atoms with Gasteiger partial charge < -0.3 is 15.0 Å². The number of aryl methyl sites for hydroxylation is 1. The third-order valence-electron chi connectivity index (χ3n) is 4.84. The highest BCUT2D eigenvalue weighted by Crippen LogP contribution is 2.25. The Kier molecular flexibility index (Phi) is 5.74. The number of carbonyl (C=O) groups excluding carboxylic acids is 2. The smallest absolute Gasteiger partial charge is 0.410 e. The van der Waals surface area contributed by atoms with Crippen molar-refractivity contribution in [3.05, 3.63) is 65.5 Å². The van der Waals surface area contributed by atoms with Gasteiger partial charge in [0.25, 0.3) is 0 Å². The van der Waals surface area contributed by atoms with Crippen molar-refractivity contribution in [2.45, 2.75) is 20.5 Å². The first kappa shape index (κ1) is 18.9. The van der Waals surface area contributed by atoms with E-state index in [4.69, 9.17) is 4.74 Å². The number of benzene rings is 2. The van der Waals surface area contributed by atoms with Crippen molar-refractivity contribution >= 4 is 17.7 Å². The number of likely N-dealkylation sites (tertiary alicyclic amines) is 1. The van der Waals surface area contributed by atoms with Crippen molar-refractivity contribution < 1.29 is 18.7 Å². The third-order valence-corrected chi connectivity index (χ3v) is 4.84. The Morgan fingerprint density at radius 2 is 1.93 bits per heavy atom. The highest BCUT2D eigenvalue weighted by molar-refractivity contribution is 5.93. The van der Waals surface area contributed by atoms with Gasteiger partial charge in [-0.2, -0.15) is 0 Å². The van der Waals surface area contributed by atoms with Crippen LogP contribution in [0.3, 0.4) is 0 Å². The van der Waals surface area contributed by atoms with Gasteiger partial charge in [-0.3, -0.25) is 4.79 Å². The van der Waals surface area contributed by atoms with Gasteiger partial charge in [0.1, 0.15) is 12.4 Å². The number of carbonyl (C=O) groups is 2. The van der Waals surface area contributed by atoms with E-state index in [0.717, 1.165) is 5.56 Å². The van der Waals surface area contributed by atoms with Crippen LogP contribution < -0.4 is 5.32 Å². The Bertz CT molecular complexity index is 825. The Labute approximate surface area is 158 Å². The number of halogens is 1. The van der Waals surface area contributed by atoms with E-state index in [1.165, 1.54) is 12.1 Å². The molecule has 0 radical (unpaired) electrons. The highest BCUT2D eigenvalue weighted by Gasteiger charge is 2.37. The maximum absolute atomic E-state index is 13.4. The topological polar surface area (TPSA) is 58.6 Å². The summed E-state index contributed by atoms with van der Waals surface area (Å²) < 4.78 is 18.7. The Morgan fingerprint density at radius 3 is 2.63 bits per heavy atom. The van der Waals surface area contributed by atoms with E-state index in [0.29, 0.717) is 24.3 Å². The second kappa shape index (κ2) is 8.20. The van der Waals surface area contributed by atoms with Crippen molar-refractivity contribution in [1.29, 1.82) is 0 Å². The second-order valence-electron chi connectivity index (χ2n) is 6.98. The lowest BCUT2D eigenvalue weighted by Crippen LogP contribution is -2.32. The van der Waals surface area contributed by atoms with Gasteiger partial charge in [0.05, 0.1) is 5.92 Å². The molecule has 1 saturated heterocycles. The second-order valence-corrected chi connectivity index (χ2v) is 6.98. The van der Waals surface area contributed by atoms with Crippen molar-refractivity contribution in [3.8, 4) is 0 Å². The number of ether oxygens (including phenoxy) is 1. The fourth-order valence-corrected chi connectivity index (χ4v) is 3.23. The van der Waals surface area contributed by atoms with Gasteiger partial charge in [0.15, 0.2) is 0 Å². The molecule has 3 rings (SSSR count). The number of rotatable bonds is 4. The molecule has 0 aromatic heterocycles. The minimum atomic E-state index is -0.418. The standard InChI is InChI=1S/C21H23FN2O3/c1-14-10-17(8-9-19(14)22)23-20(25)18-12-24(11-15(18)2)21(26)27-13-16-6-4-3-5-7-16/h3-10,15,18H,11-13H2,1-2H3,(H,23,25)/t15-,18+/m0/s1. The summed E-state index contributed by atoms with van der Waals surface area (Å²) in [6.07, 6.45) is -0.418. The Hall–Kier alpha value is -2.89. The van der Waals surface area contributed by atoms with Crippen molar-refractivity contribution in [3.63, 3.8) is 0 Å². The first-order valence-electron chi connectivity index (χ1n) is 8.96. The highest BCUT2D eigenvalue weighted by atomic mass is 19.1. The Morgan fingerprint density at radius 1 is 1.19 bits per heavy atom. The molecule has 27 heavy (non-hydrogen) atoms. The van der Waals surface area contributed by atoms with Gasteiger partial charge in [-0.1, -0.05) is 37.3 Å². The zero-order valence-corrected chi connectivity index (χ0v) is 15.4. The molecule has 0 bridgehead atoms. The lowest BCUT2D eigenvalue weighted by molar-refractivity contribution is -0.120. The predicted molar refractivity (Wildman–Crippen MR) is 101 cm³/mol. The largest absolute Gasteiger partial charge is 0.445 e. The molecule has 2 aromatic rings. The molecular weight excluding hydrogens is 347 g/mol. The van der Waals surface area contributed by atoms with E-state index in [1.807, 2.05) is 37.3 Å². The average molecular weight is 370 g/mol. The number of amides is 2. The van der Waals surface area contributed by atoms with Crippen LogP contribution in [0.4, 0.5) is 14.9 Å². The van der Waals surface area contributed by atoms with E-state index >= 15 is 0 Å².